The van der Waals surface area contributed by atoms with Gasteiger partial charge in [0.25, 0.3) is 0 Å². The first-order valence-electron chi connectivity index (χ1n) is 7.69. The van der Waals surface area contributed by atoms with E-state index in [4.69, 9.17) is 4.98 Å². The lowest BCUT2D eigenvalue weighted by atomic mass is 10.1. The lowest BCUT2D eigenvalue weighted by Gasteiger charge is -2.38. The second-order valence-corrected chi connectivity index (χ2v) is 6.10. The summed E-state index contributed by atoms with van der Waals surface area (Å²) in [5.74, 6) is 3.29. The van der Waals surface area contributed by atoms with Crippen molar-refractivity contribution in [2.45, 2.75) is 38.6 Å². The molecule has 0 aliphatic carbocycles. The molecule has 1 amide bonds. The Kier molecular flexibility index (Phi) is 3.69. The first kappa shape index (κ1) is 14.1. The monoisotopic (exact) mass is 289 g/mol. The van der Waals surface area contributed by atoms with E-state index in [0.717, 1.165) is 43.5 Å². The summed E-state index contributed by atoms with van der Waals surface area (Å²) in [6.45, 7) is 6.74. The molecule has 0 saturated carbocycles. The van der Waals surface area contributed by atoms with Crippen LogP contribution in [0.25, 0.3) is 0 Å². The summed E-state index contributed by atoms with van der Waals surface area (Å²) >= 11 is 0. The maximum atomic E-state index is 11.8. The molecule has 6 heteroatoms. The molecule has 2 aliphatic rings. The van der Waals surface area contributed by atoms with Gasteiger partial charge in [-0.15, -0.1) is 0 Å². The van der Waals surface area contributed by atoms with Crippen LogP contribution in [0.15, 0.2) is 6.07 Å². The number of hydrogen-bond acceptors (Lipinski definition) is 5. The van der Waals surface area contributed by atoms with E-state index in [0.29, 0.717) is 24.3 Å². The Morgan fingerprint density at radius 3 is 2.86 bits per heavy atom. The van der Waals surface area contributed by atoms with Gasteiger partial charge in [-0.2, -0.15) is 0 Å². The molecule has 3 rings (SSSR count). The average Bonchev–Trinajstić information content (AvgIpc) is 2.87. The number of anilines is 2. The second kappa shape index (κ2) is 5.50. The highest BCUT2D eigenvalue weighted by atomic mass is 16.2. The van der Waals surface area contributed by atoms with E-state index in [-0.39, 0.29) is 0 Å². The molecule has 1 atom stereocenters. The highest BCUT2D eigenvalue weighted by Crippen LogP contribution is 2.27. The van der Waals surface area contributed by atoms with Crippen LogP contribution in [0, 0.1) is 0 Å². The van der Waals surface area contributed by atoms with Crippen molar-refractivity contribution in [1.82, 2.24) is 14.9 Å². The van der Waals surface area contributed by atoms with Crippen molar-refractivity contribution in [2.24, 2.45) is 0 Å². The van der Waals surface area contributed by atoms with E-state index < -0.39 is 0 Å². The van der Waals surface area contributed by atoms with Crippen LogP contribution in [0.3, 0.4) is 0 Å². The number of carbonyl (C=O) groups is 1. The quantitative estimate of drug-likeness (QED) is 0.912. The van der Waals surface area contributed by atoms with Crippen molar-refractivity contribution in [1.29, 1.82) is 0 Å². The topological polar surface area (TPSA) is 61.4 Å². The van der Waals surface area contributed by atoms with Crippen molar-refractivity contribution >= 4 is 17.5 Å². The molecule has 6 nitrogen and oxygen atoms in total. The fourth-order valence-corrected chi connectivity index (χ4v) is 3.07. The van der Waals surface area contributed by atoms with Crippen LogP contribution in [0.2, 0.25) is 0 Å². The minimum Gasteiger partial charge on any atom is -0.373 e. The summed E-state index contributed by atoms with van der Waals surface area (Å²) in [4.78, 5) is 25.3. The highest BCUT2D eigenvalue weighted by molar-refractivity contribution is 5.79. The molecular weight excluding hydrogens is 266 g/mol. The predicted octanol–water partition coefficient (Wildman–Crippen LogP) is 1.45. The fraction of sp³-hybridized carbons (Fsp3) is 0.667. The number of hydrogen-bond donors (Lipinski definition) is 1. The van der Waals surface area contributed by atoms with Gasteiger partial charge in [-0.05, 0) is 6.42 Å². The summed E-state index contributed by atoms with van der Waals surface area (Å²) < 4.78 is 0. The molecule has 1 aromatic rings. The van der Waals surface area contributed by atoms with Crippen molar-refractivity contribution < 1.29 is 4.79 Å². The summed E-state index contributed by atoms with van der Waals surface area (Å²) in [6.07, 6.45) is 1.66. The Bertz CT molecular complexity index is 545. The van der Waals surface area contributed by atoms with Gasteiger partial charge in [0.15, 0.2) is 0 Å². The Morgan fingerprint density at radius 1 is 1.33 bits per heavy atom. The molecule has 21 heavy (non-hydrogen) atoms. The van der Waals surface area contributed by atoms with E-state index in [1.165, 1.54) is 0 Å². The van der Waals surface area contributed by atoms with Crippen LogP contribution in [0.5, 0.6) is 0 Å². The van der Waals surface area contributed by atoms with Crippen LogP contribution in [-0.2, 0) is 4.79 Å². The SMILES string of the molecule is CNc1cc(N2CCN3C(=O)CCC3C2)nc(C(C)C)n1. The molecule has 114 valence electrons. The van der Waals surface area contributed by atoms with Gasteiger partial charge in [-0.25, -0.2) is 9.97 Å². The number of aromatic nitrogens is 2. The lowest BCUT2D eigenvalue weighted by molar-refractivity contribution is -0.129. The number of nitrogens with zero attached hydrogens (tertiary/aromatic N) is 4. The van der Waals surface area contributed by atoms with Crippen LogP contribution >= 0.6 is 0 Å². The van der Waals surface area contributed by atoms with Gasteiger partial charge < -0.3 is 15.1 Å². The van der Waals surface area contributed by atoms with Crippen LogP contribution in [0.1, 0.15) is 38.4 Å². The zero-order chi connectivity index (χ0) is 15.0. The zero-order valence-corrected chi connectivity index (χ0v) is 13.0. The molecule has 0 radical (unpaired) electrons. The third-order valence-corrected chi connectivity index (χ3v) is 4.32. The number of carbonyl (C=O) groups excluding carboxylic acids is 1. The average molecular weight is 289 g/mol. The van der Waals surface area contributed by atoms with Crippen molar-refractivity contribution in [3.8, 4) is 0 Å². The smallest absolute Gasteiger partial charge is 0.223 e. The second-order valence-electron chi connectivity index (χ2n) is 6.10. The molecule has 0 bridgehead atoms. The summed E-state index contributed by atoms with van der Waals surface area (Å²) in [7, 11) is 1.88. The van der Waals surface area contributed by atoms with Crippen LogP contribution in [0.4, 0.5) is 11.6 Å². The number of fused-ring (bicyclic) bond motifs is 1. The molecule has 2 saturated heterocycles. The van der Waals surface area contributed by atoms with Crippen molar-refractivity contribution in [3.63, 3.8) is 0 Å². The summed E-state index contributed by atoms with van der Waals surface area (Å²) in [5, 5.41) is 3.11. The van der Waals surface area contributed by atoms with Gasteiger partial charge >= 0.3 is 0 Å². The van der Waals surface area contributed by atoms with E-state index in [1.807, 2.05) is 18.0 Å². The number of piperazine rings is 1. The first-order chi connectivity index (χ1) is 10.1. The number of nitrogens with one attached hydrogen (secondary N) is 1. The van der Waals surface area contributed by atoms with Gasteiger partial charge in [0, 0.05) is 51.1 Å². The third kappa shape index (κ3) is 2.66. The first-order valence-corrected chi connectivity index (χ1v) is 7.69. The van der Waals surface area contributed by atoms with Gasteiger partial charge in [-0.1, -0.05) is 13.8 Å². The van der Waals surface area contributed by atoms with Crippen molar-refractivity contribution in [2.75, 3.05) is 36.9 Å². The highest BCUT2D eigenvalue weighted by Gasteiger charge is 2.36. The van der Waals surface area contributed by atoms with Gasteiger partial charge in [0.05, 0.1) is 0 Å². The largest absolute Gasteiger partial charge is 0.373 e. The van der Waals surface area contributed by atoms with Gasteiger partial charge in [0.1, 0.15) is 17.5 Å². The summed E-state index contributed by atoms with van der Waals surface area (Å²) in [5.41, 5.74) is 0. The fourth-order valence-electron chi connectivity index (χ4n) is 3.07. The molecule has 1 unspecified atom stereocenters. The third-order valence-electron chi connectivity index (χ3n) is 4.32. The van der Waals surface area contributed by atoms with E-state index in [1.54, 1.807) is 0 Å². The molecule has 1 aromatic heterocycles. The van der Waals surface area contributed by atoms with E-state index in [2.05, 4.69) is 29.0 Å². The van der Waals surface area contributed by atoms with E-state index >= 15 is 0 Å². The van der Waals surface area contributed by atoms with Crippen molar-refractivity contribution in [3.05, 3.63) is 11.9 Å². The Morgan fingerprint density at radius 2 is 2.14 bits per heavy atom. The van der Waals surface area contributed by atoms with Gasteiger partial charge in [0.2, 0.25) is 5.91 Å². The minimum atomic E-state index is 0.298. The zero-order valence-electron chi connectivity index (χ0n) is 13.0. The lowest BCUT2D eigenvalue weighted by Crippen LogP contribution is -2.51. The van der Waals surface area contributed by atoms with Crippen LogP contribution < -0.4 is 10.2 Å². The number of rotatable bonds is 3. The minimum absolute atomic E-state index is 0.298. The maximum Gasteiger partial charge on any atom is 0.223 e. The Balaban J connectivity index is 1.83. The van der Waals surface area contributed by atoms with Gasteiger partial charge in [-0.3, -0.25) is 4.79 Å². The standard InChI is InChI=1S/C15H23N5O/c1-10(2)15-17-12(16-3)8-13(18-15)19-6-7-20-11(9-19)4-5-14(20)21/h8,10-11H,4-7,9H2,1-3H3,(H,16,17,18). The normalized spacial score (nSPS) is 21.9. The Labute approximate surface area is 125 Å². The van der Waals surface area contributed by atoms with E-state index in [9.17, 15) is 4.79 Å². The molecule has 3 heterocycles. The molecule has 0 aromatic carbocycles. The molecule has 2 aliphatic heterocycles. The number of amides is 1. The molecule has 0 spiro atoms. The Hall–Kier alpha value is -1.85. The predicted molar refractivity (Wildman–Crippen MR) is 82.6 cm³/mol. The summed E-state index contributed by atoms with van der Waals surface area (Å²) in [6, 6.07) is 2.35. The maximum absolute atomic E-state index is 11.8. The van der Waals surface area contributed by atoms with Crippen LogP contribution in [-0.4, -0.2) is 53.5 Å². The molecule has 2 fully saturated rings. The molecule has 1 N–H and O–H groups in total. The molecular formula is C15H23N5O.